The zero-order valence-electron chi connectivity index (χ0n) is 15.3. The van der Waals surface area contributed by atoms with Crippen LogP contribution < -0.4 is 10.9 Å². The molecule has 3 rings (SSSR count). The standard InChI is InChI=1S/C21H19N3O4/c1-28-21(27)17-9-7-15(8-10-17)13-22-20(26)18-11-12-19(25)24(23-18)14-16-5-3-2-4-6-16/h2-12H,13-14H2,1H3,(H,22,26). The van der Waals surface area contributed by atoms with Gasteiger partial charge in [-0.3, -0.25) is 9.59 Å². The van der Waals surface area contributed by atoms with Crippen LogP contribution in [0.1, 0.15) is 32.0 Å². The fourth-order valence-electron chi connectivity index (χ4n) is 2.59. The normalized spacial score (nSPS) is 10.3. The molecular weight excluding hydrogens is 358 g/mol. The van der Waals surface area contributed by atoms with Crippen molar-refractivity contribution in [3.8, 4) is 0 Å². The Hall–Kier alpha value is -3.74. The van der Waals surface area contributed by atoms with Crippen molar-refractivity contribution in [2.24, 2.45) is 0 Å². The van der Waals surface area contributed by atoms with Crippen molar-refractivity contribution in [1.82, 2.24) is 15.1 Å². The molecule has 3 aromatic rings. The van der Waals surface area contributed by atoms with Gasteiger partial charge in [0.25, 0.3) is 11.5 Å². The molecule has 142 valence electrons. The molecule has 0 unspecified atom stereocenters. The second-order valence-electron chi connectivity index (χ2n) is 6.07. The Bertz CT molecular complexity index is 1030. The van der Waals surface area contributed by atoms with Crippen LogP contribution in [0.3, 0.4) is 0 Å². The average molecular weight is 377 g/mol. The summed E-state index contributed by atoms with van der Waals surface area (Å²) in [5.74, 6) is -0.806. The monoisotopic (exact) mass is 377 g/mol. The number of hydrogen-bond donors (Lipinski definition) is 1. The van der Waals surface area contributed by atoms with Gasteiger partial charge in [-0.05, 0) is 29.3 Å². The van der Waals surface area contributed by atoms with E-state index in [1.54, 1.807) is 24.3 Å². The molecule has 0 saturated carbocycles. The molecule has 0 aliphatic heterocycles. The van der Waals surface area contributed by atoms with E-state index >= 15 is 0 Å². The van der Waals surface area contributed by atoms with Gasteiger partial charge in [-0.2, -0.15) is 5.10 Å². The van der Waals surface area contributed by atoms with Crippen molar-refractivity contribution in [3.05, 3.63) is 99.5 Å². The van der Waals surface area contributed by atoms with Crippen molar-refractivity contribution >= 4 is 11.9 Å². The number of esters is 1. The molecule has 2 aromatic carbocycles. The summed E-state index contributed by atoms with van der Waals surface area (Å²) in [5.41, 5.74) is 2.05. The van der Waals surface area contributed by atoms with Gasteiger partial charge in [-0.15, -0.1) is 0 Å². The largest absolute Gasteiger partial charge is 0.465 e. The van der Waals surface area contributed by atoms with Crippen LogP contribution in [0.15, 0.2) is 71.5 Å². The van der Waals surface area contributed by atoms with Crippen molar-refractivity contribution < 1.29 is 14.3 Å². The fourth-order valence-corrected chi connectivity index (χ4v) is 2.59. The van der Waals surface area contributed by atoms with Gasteiger partial charge < -0.3 is 10.1 Å². The van der Waals surface area contributed by atoms with Gasteiger partial charge >= 0.3 is 5.97 Å². The number of amides is 1. The van der Waals surface area contributed by atoms with Gasteiger partial charge in [0.15, 0.2) is 0 Å². The molecule has 0 spiro atoms. The molecular formula is C21H19N3O4. The van der Waals surface area contributed by atoms with Crippen molar-refractivity contribution in [3.63, 3.8) is 0 Å². The average Bonchev–Trinajstić information content (AvgIpc) is 2.74. The Morgan fingerprint density at radius 1 is 0.964 bits per heavy atom. The van der Waals surface area contributed by atoms with E-state index in [4.69, 9.17) is 0 Å². The summed E-state index contributed by atoms with van der Waals surface area (Å²) in [4.78, 5) is 35.9. The van der Waals surface area contributed by atoms with Gasteiger partial charge in [0.2, 0.25) is 0 Å². The Labute approximate surface area is 161 Å². The third kappa shape index (κ3) is 4.70. The SMILES string of the molecule is COC(=O)c1ccc(CNC(=O)c2ccc(=O)n(Cc3ccccc3)n2)cc1. The highest BCUT2D eigenvalue weighted by atomic mass is 16.5. The summed E-state index contributed by atoms with van der Waals surface area (Å²) < 4.78 is 5.91. The van der Waals surface area contributed by atoms with E-state index in [0.717, 1.165) is 11.1 Å². The number of hydrogen-bond acceptors (Lipinski definition) is 5. The number of methoxy groups -OCH3 is 1. The molecule has 1 heterocycles. The first kappa shape index (κ1) is 19.0. The van der Waals surface area contributed by atoms with Gasteiger partial charge in [-0.25, -0.2) is 9.48 Å². The van der Waals surface area contributed by atoms with Crippen LogP contribution in [0.5, 0.6) is 0 Å². The van der Waals surface area contributed by atoms with Gasteiger partial charge in [0, 0.05) is 12.6 Å². The molecule has 0 aliphatic carbocycles. The number of ether oxygens (including phenoxy) is 1. The summed E-state index contributed by atoms with van der Waals surface area (Å²) in [7, 11) is 1.32. The lowest BCUT2D eigenvalue weighted by molar-refractivity contribution is 0.0600. The zero-order valence-corrected chi connectivity index (χ0v) is 15.3. The first-order valence-corrected chi connectivity index (χ1v) is 8.64. The second-order valence-corrected chi connectivity index (χ2v) is 6.07. The van der Waals surface area contributed by atoms with Crippen LogP contribution >= 0.6 is 0 Å². The van der Waals surface area contributed by atoms with Crippen LogP contribution in [0.2, 0.25) is 0 Å². The lowest BCUT2D eigenvalue weighted by atomic mass is 10.1. The van der Waals surface area contributed by atoms with Crippen molar-refractivity contribution in [1.29, 1.82) is 0 Å². The second kappa shape index (κ2) is 8.77. The third-order valence-electron chi connectivity index (χ3n) is 4.10. The van der Waals surface area contributed by atoms with Crippen LogP contribution in [0.25, 0.3) is 0 Å². The van der Waals surface area contributed by atoms with Crippen LogP contribution in [0, 0.1) is 0 Å². The van der Waals surface area contributed by atoms with Crippen molar-refractivity contribution in [2.45, 2.75) is 13.1 Å². The van der Waals surface area contributed by atoms with Crippen LogP contribution in [0.4, 0.5) is 0 Å². The zero-order chi connectivity index (χ0) is 19.9. The summed E-state index contributed by atoms with van der Waals surface area (Å²) in [6.45, 7) is 0.551. The van der Waals surface area contributed by atoms with Crippen LogP contribution in [-0.2, 0) is 17.8 Å². The molecule has 0 aliphatic rings. The highest BCUT2D eigenvalue weighted by molar-refractivity contribution is 5.92. The van der Waals surface area contributed by atoms with E-state index in [9.17, 15) is 14.4 Å². The first-order chi connectivity index (χ1) is 13.6. The first-order valence-electron chi connectivity index (χ1n) is 8.64. The number of rotatable bonds is 6. The summed E-state index contributed by atoms with van der Waals surface area (Å²) in [5, 5.41) is 6.91. The molecule has 0 bridgehead atoms. The fraction of sp³-hybridized carbons (Fsp3) is 0.143. The van der Waals surface area contributed by atoms with E-state index in [0.29, 0.717) is 5.56 Å². The number of nitrogens with zero attached hydrogens (tertiary/aromatic N) is 2. The van der Waals surface area contributed by atoms with E-state index in [2.05, 4.69) is 15.2 Å². The molecule has 1 N–H and O–H groups in total. The number of carbonyl (C=O) groups is 2. The molecule has 28 heavy (non-hydrogen) atoms. The molecule has 7 nitrogen and oxygen atoms in total. The van der Waals surface area contributed by atoms with E-state index in [1.807, 2.05) is 30.3 Å². The lowest BCUT2D eigenvalue weighted by Gasteiger charge is -2.08. The summed E-state index contributed by atoms with van der Waals surface area (Å²) in [6, 6.07) is 18.9. The highest BCUT2D eigenvalue weighted by Gasteiger charge is 2.10. The van der Waals surface area contributed by atoms with E-state index in [-0.39, 0.29) is 30.2 Å². The minimum Gasteiger partial charge on any atom is -0.465 e. The Kier molecular flexibility index (Phi) is 5.96. The Morgan fingerprint density at radius 2 is 1.68 bits per heavy atom. The lowest BCUT2D eigenvalue weighted by Crippen LogP contribution is -2.29. The predicted molar refractivity (Wildman–Crippen MR) is 103 cm³/mol. The number of nitrogens with one attached hydrogen (secondary N) is 1. The maximum absolute atomic E-state index is 12.4. The maximum atomic E-state index is 12.4. The molecule has 0 atom stereocenters. The minimum absolute atomic E-state index is 0.154. The predicted octanol–water partition coefficient (Wildman–Crippen LogP) is 2.01. The minimum atomic E-state index is -0.416. The number of aromatic nitrogens is 2. The Balaban J connectivity index is 1.66. The molecule has 0 fully saturated rings. The van der Waals surface area contributed by atoms with E-state index in [1.165, 1.54) is 23.9 Å². The van der Waals surface area contributed by atoms with Gasteiger partial charge in [-0.1, -0.05) is 42.5 Å². The topological polar surface area (TPSA) is 90.3 Å². The number of benzene rings is 2. The van der Waals surface area contributed by atoms with Crippen molar-refractivity contribution in [2.75, 3.05) is 7.11 Å². The van der Waals surface area contributed by atoms with E-state index < -0.39 is 5.97 Å². The number of carbonyl (C=O) groups excluding carboxylic acids is 2. The molecule has 7 heteroatoms. The summed E-state index contributed by atoms with van der Waals surface area (Å²) in [6.07, 6.45) is 0. The molecule has 1 aromatic heterocycles. The maximum Gasteiger partial charge on any atom is 0.337 e. The smallest absolute Gasteiger partial charge is 0.337 e. The quantitative estimate of drug-likeness (QED) is 0.664. The summed E-state index contributed by atoms with van der Waals surface area (Å²) >= 11 is 0. The Morgan fingerprint density at radius 3 is 2.36 bits per heavy atom. The van der Waals surface area contributed by atoms with Gasteiger partial charge in [0.1, 0.15) is 5.69 Å². The van der Waals surface area contributed by atoms with Gasteiger partial charge in [0.05, 0.1) is 19.2 Å². The molecule has 0 saturated heterocycles. The third-order valence-corrected chi connectivity index (χ3v) is 4.10. The van der Waals surface area contributed by atoms with Crippen LogP contribution in [-0.4, -0.2) is 28.8 Å². The molecule has 1 amide bonds. The molecule has 0 radical (unpaired) electrons. The highest BCUT2D eigenvalue weighted by Crippen LogP contribution is 2.06.